The molecule has 0 aliphatic heterocycles. The molecule has 4 rings (SSSR count). The van der Waals surface area contributed by atoms with Gasteiger partial charge in [0, 0.05) is 35.1 Å². The largest absolute Gasteiger partial charge is 0.399 e. The van der Waals surface area contributed by atoms with Crippen molar-refractivity contribution in [3.8, 4) is 0 Å². The number of nitrogen functional groups attached to an aromatic ring is 2. The van der Waals surface area contributed by atoms with E-state index in [9.17, 15) is 4.79 Å². The van der Waals surface area contributed by atoms with E-state index in [0.717, 1.165) is 50.6 Å². The lowest BCUT2D eigenvalue weighted by molar-refractivity contribution is -0.111. The number of allylic oxidation sites excluding steroid dienone is 3. The maximum atomic E-state index is 13.2. The maximum Gasteiger partial charge on any atom is 0.184 e. The number of nitrogens with two attached hydrogens (primary N) is 2. The Bertz CT molecular complexity index is 1410. The third-order valence-electron chi connectivity index (χ3n) is 6.87. The van der Waals surface area contributed by atoms with E-state index in [1.807, 2.05) is 89.2 Å². The van der Waals surface area contributed by atoms with Gasteiger partial charge < -0.3 is 16.8 Å². The second-order valence-corrected chi connectivity index (χ2v) is 9.24. The quantitative estimate of drug-likeness (QED) is 0.309. The number of ketones is 1. The molecular weight excluding hydrogens is 432 g/mol. The minimum absolute atomic E-state index is 0.0300. The summed E-state index contributed by atoms with van der Waals surface area (Å²) < 4.78 is 0. The van der Waals surface area contributed by atoms with Crippen molar-refractivity contribution in [2.24, 2.45) is 4.99 Å². The van der Waals surface area contributed by atoms with Crippen molar-refractivity contribution in [2.75, 3.05) is 16.8 Å². The van der Waals surface area contributed by atoms with E-state index in [2.05, 4.69) is 5.32 Å². The molecule has 0 bridgehead atoms. The van der Waals surface area contributed by atoms with E-state index in [1.54, 1.807) is 6.08 Å². The molecule has 0 aromatic heterocycles. The number of aliphatic imine (C=N–C) groups is 1. The van der Waals surface area contributed by atoms with Gasteiger partial charge in [0.1, 0.15) is 0 Å². The number of carbonyl (C=O) groups is 1. The van der Waals surface area contributed by atoms with Gasteiger partial charge in [0.25, 0.3) is 0 Å². The van der Waals surface area contributed by atoms with Crippen molar-refractivity contribution in [3.05, 3.63) is 105 Å². The Kier molecular flexibility index (Phi) is 6.61. The molecular formula is C30H32N4O. The first-order valence-corrected chi connectivity index (χ1v) is 11.7. The Morgan fingerprint density at radius 1 is 0.743 bits per heavy atom. The normalized spacial score (nSPS) is 14.7. The third-order valence-corrected chi connectivity index (χ3v) is 6.87. The lowest BCUT2D eigenvalue weighted by Gasteiger charge is -2.19. The van der Waals surface area contributed by atoms with E-state index in [0.29, 0.717) is 23.4 Å². The highest BCUT2D eigenvalue weighted by molar-refractivity contribution is 6.23. The van der Waals surface area contributed by atoms with Gasteiger partial charge in [0.05, 0.1) is 17.1 Å². The summed E-state index contributed by atoms with van der Waals surface area (Å²) in [5.74, 6) is -0.0300. The summed E-state index contributed by atoms with van der Waals surface area (Å²) in [6.07, 6.45) is 4.06. The summed E-state index contributed by atoms with van der Waals surface area (Å²) >= 11 is 0. The Balaban J connectivity index is 1.77. The van der Waals surface area contributed by atoms with Crippen molar-refractivity contribution in [1.82, 2.24) is 0 Å². The monoisotopic (exact) mass is 464 g/mol. The second kappa shape index (κ2) is 9.63. The fraction of sp³-hybridized carbons (Fsp3) is 0.200. The standard InChI is InChI=1S/C30H32N4O/c1-17-6-9-24(10-7-17)33-29-16-30(35)23(14-22-8-11-25(31)19(3)18(22)2)15-28(29)34-27-13-12-26(32)20(4)21(27)5/h6-13,15-16,33H,14,31-32H2,1-5H3. The summed E-state index contributed by atoms with van der Waals surface area (Å²) in [7, 11) is 0. The molecule has 5 N–H and O–H groups in total. The van der Waals surface area contributed by atoms with Gasteiger partial charge in [0.2, 0.25) is 0 Å². The summed E-state index contributed by atoms with van der Waals surface area (Å²) in [5.41, 5.74) is 23.9. The first-order valence-electron chi connectivity index (χ1n) is 11.7. The molecule has 3 aromatic carbocycles. The summed E-state index contributed by atoms with van der Waals surface area (Å²) in [5, 5.41) is 3.39. The molecule has 0 heterocycles. The van der Waals surface area contributed by atoms with Crippen LogP contribution in [-0.4, -0.2) is 11.5 Å². The molecule has 0 fully saturated rings. The van der Waals surface area contributed by atoms with Crippen LogP contribution in [0.15, 0.2) is 76.9 Å². The van der Waals surface area contributed by atoms with Gasteiger partial charge in [-0.05, 0) is 98.8 Å². The van der Waals surface area contributed by atoms with E-state index in [1.165, 1.54) is 5.56 Å². The predicted molar refractivity (Wildman–Crippen MR) is 147 cm³/mol. The van der Waals surface area contributed by atoms with Crippen LogP contribution < -0.4 is 16.8 Å². The fourth-order valence-electron chi connectivity index (χ4n) is 4.11. The van der Waals surface area contributed by atoms with Crippen LogP contribution in [0.4, 0.5) is 22.7 Å². The van der Waals surface area contributed by atoms with Crippen LogP contribution in [0.3, 0.4) is 0 Å². The first-order chi connectivity index (χ1) is 16.6. The minimum Gasteiger partial charge on any atom is -0.399 e. The highest BCUT2D eigenvalue weighted by atomic mass is 16.1. The topological polar surface area (TPSA) is 93.5 Å². The Morgan fingerprint density at radius 2 is 1.37 bits per heavy atom. The van der Waals surface area contributed by atoms with E-state index in [4.69, 9.17) is 16.5 Å². The molecule has 5 heteroatoms. The van der Waals surface area contributed by atoms with Gasteiger partial charge in [-0.15, -0.1) is 0 Å². The zero-order valence-electron chi connectivity index (χ0n) is 21.0. The fourth-order valence-corrected chi connectivity index (χ4v) is 4.11. The molecule has 0 saturated carbocycles. The average molecular weight is 465 g/mol. The molecule has 35 heavy (non-hydrogen) atoms. The zero-order valence-corrected chi connectivity index (χ0v) is 21.0. The molecule has 0 unspecified atom stereocenters. The Hall–Kier alpha value is -4.12. The first kappa shape index (κ1) is 24.0. The molecule has 178 valence electrons. The number of hydrogen-bond acceptors (Lipinski definition) is 5. The van der Waals surface area contributed by atoms with E-state index >= 15 is 0 Å². The van der Waals surface area contributed by atoms with Crippen molar-refractivity contribution in [1.29, 1.82) is 0 Å². The van der Waals surface area contributed by atoms with Crippen LogP contribution in [0, 0.1) is 34.6 Å². The van der Waals surface area contributed by atoms with Crippen molar-refractivity contribution in [3.63, 3.8) is 0 Å². The smallest absolute Gasteiger partial charge is 0.184 e. The second-order valence-electron chi connectivity index (χ2n) is 9.24. The van der Waals surface area contributed by atoms with Crippen molar-refractivity contribution < 1.29 is 4.79 Å². The highest BCUT2D eigenvalue weighted by Crippen LogP contribution is 2.29. The number of nitrogens with zero attached hydrogens (tertiary/aromatic N) is 1. The molecule has 0 atom stereocenters. The molecule has 1 aliphatic rings. The average Bonchev–Trinajstić information content (AvgIpc) is 2.83. The summed E-state index contributed by atoms with van der Waals surface area (Å²) in [6, 6.07) is 15.8. The molecule has 0 saturated heterocycles. The number of benzene rings is 3. The molecule has 3 aromatic rings. The number of aryl methyl sites for hydroxylation is 1. The maximum absolute atomic E-state index is 13.2. The van der Waals surface area contributed by atoms with Crippen LogP contribution in [0.25, 0.3) is 0 Å². The molecule has 5 nitrogen and oxygen atoms in total. The number of carbonyl (C=O) groups excluding carboxylic acids is 1. The highest BCUT2D eigenvalue weighted by Gasteiger charge is 2.21. The third kappa shape index (κ3) is 5.04. The Labute approximate surface area is 207 Å². The van der Waals surface area contributed by atoms with Gasteiger partial charge in [-0.1, -0.05) is 23.8 Å². The number of anilines is 3. The Morgan fingerprint density at radius 3 is 2.06 bits per heavy atom. The lowest BCUT2D eigenvalue weighted by atomic mass is 9.91. The van der Waals surface area contributed by atoms with E-state index in [-0.39, 0.29) is 5.78 Å². The summed E-state index contributed by atoms with van der Waals surface area (Å²) in [6.45, 7) is 10.1. The number of nitrogens with one attached hydrogen (secondary N) is 1. The van der Waals surface area contributed by atoms with Crippen molar-refractivity contribution >= 4 is 34.2 Å². The van der Waals surface area contributed by atoms with Gasteiger partial charge >= 0.3 is 0 Å². The van der Waals surface area contributed by atoms with Crippen LogP contribution in [-0.2, 0) is 11.2 Å². The SMILES string of the molecule is Cc1ccc(NC2=CC(=O)C(Cc3ccc(N)c(C)c3C)=CC2=Nc2ccc(N)c(C)c2C)cc1. The van der Waals surface area contributed by atoms with Crippen LogP contribution in [0.2, 0.25) is 0 Å². The van der Waals surface area contributed by atoms with Gasteiger partial charge in [-0.3, -0.25) is 4.79 Å². The molecule has 0 spiro atoms. The van der Waals surface area contributed by atoms with Gasteiger partial charge in [-0.25, -0.2) is 4.99 Å². The zero-order chi connectivity index (χ0) is 25.3. The molecule has 0 amide bonds. The summed E-state index contributed by atoms with van der Waals surface area (Å²) in [4.78, 5) is 18.2. The van der Waals surface area contributed by atoms with Crippen LogP contribution in [0.5, 0.6) is 0 Å². The molecule has 0 radical (unpaired) electrons. The predicted octanol–water partition coefficient (Wildman–Crippen LogP) is 6.21. The lowest BCUT2D eigenvalue weighted by Crippen LogP contribution is -2.20. The molecule has 1 aliphatic carbocycles. The number of hydrogen-bond donors (Lipinski definition) is 3. The van der Waals surface area contributed by atoms with Crippen LogP contribution >= 0.6 is 0 Å². The minimum atomic E-state index is -0.0300. The number of rotatable bonds is 5. The van der Waals surface area contributed by atoms with E-state index < -0.39 is 0 Å². The van der Waals surface area contributed by atoms with Gasteiger partial charge in [-0.2, -0.15) is 0 Å². The van der Waals surface area contributed by atoms with Crippen molar-refractivity contribution in [2.45, 2.75) is 41.0 Å². The van der Waals surface area contributed by atoms with Gasteiger partial charge in [0.15, 0.2) is 5.78 Å². The van der Waals surface area contributed by atoms with Crippen LogP contribution in [0.1, 0.15) is 33.4 Å².